The predicted octanol–water partition coefficient (Wildman–Crippen LogP) is 3.21. The first kappa shape index (κ1) is 15.9. The average molecular weight is 285 g/mol. The van der Waals surface area contributed by atoms with Crippen molar-refractivity contribution in [2.45, 2.75) is 26.4 Å². The van der Waals surface area contributed by atoms with Gasteiger partial charge in [0.05, 0.1) is 0 Å². The topological polar surface area (TPSA) is 58.6 Å². The molecule has 110 valence electrons. The van der Waals surface area contributed by atoms with Gasteiger partial charge in [0.15, 0.2) is 17.4 Å². The van der Waals surface area contributed by atoms with Crippen LogP contribution in [0.25, 0.3) is 6.08 Å². The first-order chi connectivity index (χ1) is 9.19. The van der Waals surface area contributed by atoms with Crippen LogP contribution in [0.1, 0.15) is 26.3 Å². The highest BCUT2D eigenvalue weighted by atomic mass is 19.1. The van der Waals surface area contributed by atoms with Crippen LogP contribution in [0.15, 0.2) is 18.2 Å². The summed E-state index contributed by atoms with van der Waals surface area (Å²) < 4.78 is 31.1. The van der Waals surface area contributed by atoms with Gasteiger partial charge < -0.3 is 15.2 Å². The van der Waals surface area contributed by atoms with Gasteiger partial charge in [-0.2, -0.15) is 0 Å². The molecule has 1 rings (SSSR count). The van der Waals surface area contributed by atoms with Crippen LogP contribution < -0.4 is 5.32 Å². The van der Waals surface area contributed by atoms with Gasteiger partial charge in [-0.1, -0.05) is 12.2 Å². The monoisotopic (exact) mass is 285 g/mol. The van der Waals surface area contributed by atoms with Gasteiger partial charge in [-0.15, -0.1) is 0 Å². The first-order valence-electron chi connectivity index (χ1n) is 6.00. The molecule has 0 aliphatic rings. The van der Waals surface area contributed by atoms with Crippen molar-refractivity contribution >= 4 is 12.2 Å². The van der Waals surface area contributed by atoms with E-state index in [1.807, 2.05) is 0 Å². The molecule has 0 fully saturated rings. The zero-order chi connectivity index (χ0) is 15.3. The Morgan fingerprint density at radius 3 is 2.40 bits per heavy atom. The minimum Gasteiger partial charge on any atom is -0.503 e. The molecule has 0 aliphatic heterocycles. The number of amides is 1. The van der Waals surface area contributed by atoms with Gasteiger partial charge in [0.2, 0.25) is 0 Å². The number of alkyl carbamates (subject to hydrolysis) is 1. The van der Waals surface area contributed by atoms with Crippen molar-refractivity contribution in [3.63, 3.8) is 0 Å². The van der Waals surface area contributed by atoms with E-state index in [-0.39, 0.29) is 12.1 Å². The van der Waals surface area contributed by atoms with Crippen LogP contribution in [0.4, 0.5) is 13.6 Å². The number of nitrogens with one attached hydrogen (secondary N) is 1. The Morgan fingerprint density at radius 2 is 1.90 bits per heavy atom. The third-order valence-corrected chi connectivity index (χ3v) is 2.11. The molecule has 0 radical (unpaired) electrons. The van der Waals surface area contributed by atoms with Crippen LogP contribution in [0.3, 0.4) is 0 Å². The Balaban J connectivity index is 2.52. The lowest BCUT2D eigenvalue weighted by Crippen LogP contribution is -2.32. The van der Waals surface area contributed by atoms with Crippen molar-refractivity contribution in [2.75, 3.05) is 6.54 Å². The lowest BCUT2D eigenvalue weighted by atomic mass is 10.2. The maximum absolute atomic E-state index is 13.0. The molecule has 0 spiro atoms. The van der Waals surface area contributed by atoms with Gasteiger partial charge in [-0.05, 0) is 38.5 Å². The highest BCUT2D eigenvalue weighted by Gasteiger charge is 2.15. The zero-order valence-electron chi connectivity index (χ0n) is 11.5. The molecular weight excluding hydrogens is 268 g/mol. The fraction of sp³-hybridized carbons (Fsp3) is 0.357. The summed E-state index contributed by atoms with van der Waals surface area (Å²) in [6.07, 6.45) is 2.35. The second-order valence-electron chi connectivity index (χ2n) is 5.12. The average Bonchev–Trinajstić information content (AvgIpc) is 2.29. The molecule has 20 heavy (non-hydrogen) atoms. The molecule has 1 amide bonds. The van der Waals surface area contributed by atoms with Crippen molar-refractivity contribution in [1.29, 1.82) is 0 Å². The largest absolute Gasteiger partial charge is 0.503 e. The second kappa shape index (κ2) is 6.36. The van der Waals surface area contributed by atoms with E-state index in [9.17, 15) is 13.6 Å². The number of benzene rings is 1. The van der Waals surface area contributed by atoms with E-state index in [0.29, 0.717) is 0 Å². The summed E-state index contributed by atoms with van der Waals surface area (Å²) in [6.45, 7) is 5.37. The van der Waals surface area contributed by atoms with Gasteiger partial charge in [-0.25, -0.2) is 13.6 Å². The fourth-order valence-electron chi connectivity index (χ4n) is 1.33. The number of phenols is 1. The maximum Gasteiger partial charge on any atom is 0.407 e. The molecule has 0 saturated carbocycles. The Hall–Kier alpha value is -2.11. The van der Waals surface area contributed by atoms with E-state index in [1.165, 1.54) is 12.2 Å². The number of phenolic OH excluding ortho intramolecular Hbond substituents is 1. The smallest absolute Gasteiger partial charge is 0.407 e. The summed E-state index contributed by atoms with van der Waals surface area (Å²) in [7, 11) is 0. The minimum absolute atomic E-state index is 0.152. The standard InChI is InChI=1S/C14H17F2NO3/c1-14(2,3)20-13(19)17-6-4-5-9-7-10(15)12(18)11(16)8-9/h4-5,7-8,18H,6H2,1-3H3,(H,17,19). The van der Waals surface area contributed by atoms with E-state index in [2.05, 4.69) is 5.32 Å². The number of carbonyl (C=O) groups is 1. The van der Waals surface area contributed by atoms with Crippen LogP contribution in [-0.4, -0.2) is 23.3 Å². The van der Waals surface area contributed by atoms with Crippen molar-refractivity contribution in [1.82, 2.24) is 5.32 Å². The van der Waals surface area contributed by atoms with Crippen LogP contribution >= 0.6 is 0 Å². The van der Waals surface area contributed by atoms with Crippen LogP contribution in [0.2, 0.25) is 0 Å². The molecule has 0 heterocycles. The van der Waals surface area contributed by atoms with E-state index >= 15 is 0 Å². The van der Waals surface area contributed by atoms with Gasteiger partial charge in [0.25, 0.3) is 0 Å². The SMILES string of the molecule is CC(C)(C)OC(=O)NCC=Cc1cc(F)c(O)c(F)c1. The highest BCUT2D eigenvalue weighted by molar-refractivity contribution is 5.68. The number of carbonyl (C=O) groups excluding carboxylic acids is 1. The van der Waals surface area contributed by atoms with Gasteiger partial charge in [-0.3, -0.25) is 0 Å². The van der Waals surface area contributed by atoms with Gasteiger partial charge >= 0.3 is 6.09 Å². The van der Waals surface area contributed by atoms with Crippen molar-refractivity contribution in [2.24, 2.45) is 0 Å². The van der Waals surface area contributed by atoms with Crippen LogP contribution in [0, 0.1) is 11.6 Å². The number of ether oxygens (including phenoxy) is 1. The molecule has 0 aliphatic carbocycles. The molecule has 0 aromatic heterocycles. The van der Waals surface area contributed by atoms with Crippen molar-refractivity contribution < 1.29 is 23.4 Å². The normalized spacial score (nSPS) is 11.7. The van der Waals surface area contributed by atoms with E-state index in [1.54, 1.807) is 20.8 Å². The molecule has 1 aromatic carbocycles. The first-order valence-corrected chi connectivity index (χ1v) is 6.00. The predicted molar refractivity (Wildman–Crippen MR) is 71.3 cm³/mol. The molecule has 0 saturated heterocycles. The molecule has 6 heteroatoms. The number of halogens is 2. The third kappa shape index (κ3) is 5.26. The van der Waals surface area contributed by atoms with E-state index in [0.717, 1.165) is 12.1 Å². The summed E-state index contributed by atoms with van der Waals surface area (Å²) in [5, 5.41) is 11.4. The highest BCUT2D eigenvalue weighted by Crippen LogP contribution is 2.21. The number of hydrogen-bond acceptors (Lipinski definition) is 3. The van der Waals surface area contributed by atoms with Crippen LogP contribution in [0.5, 0.6) is 5.75 Å². The third-order valence-electron chi connectivity index (χ3n) is 2.11. The van der Waals surface area contributed by atoms with E-state index < -0.39 is 29.1 Å². The summed E-state index contributed by atoms with van der Waals surface area (Å²) in [6, 6.07) is 1.98. The molecule has 0 atom stereocenters. The summed E-state index contributed by atoms with van der Waals surface area (Å²) in [5.41, 5.74) is -0.347. The number of hydrogen-bond donors (Lipinski definition) is 2. The Morgan fingerprint density at radius 1 is 1.35 bits per heavy atom. The molecule has 4 nitrogen and oxygen atoms in total. The quantitative estimate of drug-likeness (QED) is 0.896. The summed E-state index contributed by atoms with van der Waals surface area (Å²) in [4.78, 5) is 11.3. The zero-order valence-corrected chi connectivity index (χ0v) is 11.5. The number of aromatic hydroxyl groups is 1. The van der Waals surface area contributed by atoms with Gasteiger partial charge in [0.1, 0.15) is 5.60 Å². The summed E-state index contributed by atoms with van der Waals surface area (Å²) in [5.74, 6) is -3.08. The lowest BCUT2D eigenvalue weighted by molar-refractivity contribution is 0.0534. The van der Waals surface area contributed by atoms with E-state index in [4.69, 9.17) is 9.84 Å². The molecular formula is C14H17F2NO3. The molecule has 1 aromatic rings. The van der Waals surface area contributed by atoms with Crippen LogP contribution in [-0.2, 0) is 4.74 Å². The maximum atomic E-state index is 13.0. The van der Waals surface area contributed by atoms with Crippen molar-refractivity contribution in [3.8, 4) is 5.75 Å². The Kier molecular flexibility index (Phi) is 5.07. The Labute approximate surface area is 116 Å². The Bertz CT molecular complexity index is 499. The summed E-state index contributed by atoms with van der Waals surface area (Å²) >= 11 is 0. The second-order valence-corrected chi connectivity index (χ2v) is 5.12. The molecule has 0 bridgehead atoms. The molecule has 0 unspecified atom stereocenters. The van der Waals surface area contributed by atoms with Crippen molar-refractivity contribution in [3.05, 3.63) is 35.4 Å². The number of rotatable bonds is 3. The minimum atomic E-state index is -1.04. The van der Waals surface area contributed by atoms with Gasteiger partial charge in [0, 0.05) is 6.54 Å². The molecule has 2 N–H and O–H groups in total. The lowest BCUT2D eigenvalue weighted by Gasteiger charge is -2.19. The fourth-order valence-corrected chi connectivity index (χ4v) is 1.33.